The molecular formula is C21H22N6O3. The van der Waals surface area contributed by atoms with Gasteiger partial charge < -0.3 is 15.4 Å². The third kappa shape index (κ3) is 5.99. The van der Waals surface area contributed by atoms with E-state index >= 15 is 0 Å². The number of rotatable bonds is 7. The van der Waals surface area contributed by atoms with Crippen LogP contribution in [0.3, 0.4) is 0 Å². The molecule has 1 aromatic carbocycles. The predicted octanol–water partition coefficient (Wildman–Crippen LogP) is 2.69. The summed E-state index contributed by atoms with van der Waals surface area (Å²) < 4.78 is 5.36. The van der Waals surface area contributed by atoms with Crippen LogP contribution in [0, 0.1) is 6.92 Å². The van der Waals surface area contributed by atoms with Crippen molar-refractivity contribution in [2.45, 2.75) is 19.9 Å². The molecule has 30 heavy (non-hydrogen) atoms. The van der Waals surface area contributed by atoms with Gasteiger partial charge in [0.1, 0.15) is 5.75 Å². The highest BCUT2D eigenvalue weighted by Gasteiger charge is 2.10. The molecule has 0 aliphatic heterocycles. The lowest BCUT2D eigenvalue weighted by Gasteiger charge is -2.13. The third-order valence-electron chi connectivity index (χ3n) is 4.09. The van der Waals surface area contributed by atoms with Crippen molar-refractivity contribution < 1.29 is 14.3 Å². The van der Waals surface area contributed by atoms with E-state index < -0.39 is 6.03 Å². The van der Waals surface area contributed by atoms with Crippen LogP contribution in [0.5, 0.6) is 5.75 Å². The smallest absolute Gasteiger partial charge is 0.324 e. The second-order valence-corrected chi connectivity index (χ2v) is 6.43. The molecule has 9 nitrogen and oxygen atoms in total. The highest BCUT2D eigenvalue weighted by molar-refractivity contribution is 6.00. The van der Waals surface area contributed by atoms with Crippen LogP contribution in [-0.2, 0) is 17.8 Å². The molecule has 0 aliphatic carbocycles. The van der Waals surface area contributed by atoms with Gasteiger partial charge in [0, 0.05) is 18.4 Å². The fourth-order valence-corrected chi connectivity index (χ4v) is 2.61. The van der Waals surface area contributed by atoms with Crippen LogP contribution < -0.4 is 20.7 Å². The van der Waals surface area contributed by atoms with Crippen LogP contribution in [-0.4, -0.2) is 34.0 Å². The molecule has 3 amide bonds. The molecule has 0 aliphatic rings. The van der Waals surface area contributed by atoms with Crippen LogP contribution in [0.15, 0.2) is 55.0 Å². The molecule has 3 rings (SSSR count). The predicted molar refractivity (Wildman–Crippen MR) is 112 cm³/mol. The van der Waals surface area contributed by atoms with Crippen molar-refractivity contribution in [3.8, 4) is 5.75 Å². The Morgan fingerprint density at radius 2 is 1.90 bits per heavy atom. The average Bonchev–Trinajstić information content (AvgIpc) is 2.75. The summed E-state index contributed by atoms with van der Waals surface area (Å²) in [5.74, 6) is 0.675. The van der Waals surface area contributed by atoms with E-state index in [-0.39, 0.29) is 12.3 Å². The topological polar surface area (TPSA) is 118 Å². The second kappa shape index (κ2) is 9.97. The molecule has 2 aromatic heterocycles. The molecule has 0 radical (unpaired) electrons. The number of nitrogens with one attached hydrogen (secondary N) is 3. The number of amides is 3. The summed E-state index contributed by atoms with van der Waals surface area (Å²) in [5, 5.41) is 8.16. The lowest BCUT2D eigenvalue weighted by atomic mass is 10.1. The van der Waals surface area contributed by atoms with Gasteiger partial charge in [-0.2, -0.15) is 0 Å². The van der Waals surface area contributed by atoms with Crippen LogP contribution in [0.1, 0.15) is 17.0 Å². The number of benzene rings is 1. The van der Waals surface area contributed by atoms with E-state index in [2.05, 4.69) is 30.9 Å². The van der Waals surface area contributed by atoms with Crippen molar-refractivity contribution in [2.75, 3.05) is 17.7 Å². The third-order valence-corrected chi connectivity index (χ3v) is 4.09. The van der Waals surface area contributed by atoms with Gasteiger partial charge in [-0.05, 0) is 36.8 Å². The molecule has 0 fully saturated rings. The Morgan fingerprint density at radius 3 is 2.60 bits per heavy atom. The number of pyridine rings is 1. The van der Waals surface area contributed by atoms with Crippen molar-refractivity contribution in [2.24, 2.45) is 0 Å². The number of aryl methyl sites for hydroxylation is 1. The van der Waals surface area contributed by atoms with E-state index in [4.69, 9.17) is 4.74 Å². The van der Waals surface area contributed by atoms with Crippen LogP contribution >= 0.6 is 0 Å². The number of hydrogen-bond acceptors (Lipinski definition) is 6. The number of aromatic nitrogens is 3. The van der Waals surface area contributed by atoms with Crippen molar-refractivity contribution in [3.05, 3.63) is 71.9 Å². The molecule has 3 N–H and O–H groups in total. The van der Waals surface area contributed by atoms with Gasteiger partial charge in [0.05, 0.1) is 37.3 Å². The first kappa shape index (κ1) is 20.7. The summed E-state index contributed by atoms with van der Waals surface area (Å²) in [5.41, 5.74) is 2.77. The van der Waals surface area contributed by atoms with E-state index in [0.29, 0.717) is 29.5 Å². The van der Waals surface area contributed by atoms with Crippen LogP contribution in [0.25, 0.3) is 0 Å². The van der Waals surface area contributed by atoms with Crippen molar-refractivity contribution in [1.82, 2.24) is 20.3 Å². The molecule has 0 unspecified atom stereocenters. The van der Waals surface area contributed by atoms with Crippen molar-refractivity contribution in [3.63, 3.8) is 0 Å². The molecule has 3 aromatic rings. The number of nitrogens with zero attached hydrogens (tertiary/aromatic N) is 3. The zero-order chi connectivity index (χ0) is 21.3. The Bertz CT molecular complexity index is 1010. The Morgan fingerprint density at radius 1 is 1.03 bits per heavy atom. The maximum atomic E-state index is 12.2. The fourth-order valence-electron chi connectivity index (χ4n) is 2.61. The standard InChI is InChI=1S/C21H22N6O3/c1-14-11-24-19(13-23-14)27-21(29)26-17-7-6-15(9-18(17)30-2)12-25-20(28)10-16-5-3-4-8-22-16/h3-9,11,13H,10,12H2,1-2H3,(H,25,28)(H2,24,26,27,29). The largest absolute Gasteiger partial charge is 0.495 e. The summed E-state index contributed by atoms with van der Waals surface area (Å²) in [7, 11) is 1.51. The zero-order valence-electron chi connectivity index (χ0n) is 16.7. The summed E-state index contributed by atoms with van der Waals surface area (Å²) in [4.78, 5) is 36.6. The Labute approximate surface area is 173 Å². The van der Waals surface area contributed by atoms with E-state index in [1.54, 1.807) is 42.7 Å². The van der Waals surface area contributed by atoms with Gasteiger partial charge in [-0.3, -0.25) is 20.1 Å². The fraction of sp³-hybridized carbons (Fsp3) is 0.190. The lowest BCUT2D eigenvalue weighted by molar-refractivity contribution is -0.120. The van der Waals surface area contributed by atoms with Crippen molar-refractivity contribution >= 4 is 23.4 Å². The van der Waals surface area contributed by atoms with Gasteiger partial charge in [-0.25, -0.2) is 9.78 Å². The van der Waals surface area contributed by atoms with Crippen LogP contribution in [0.2, 0.25) is 0 Å². The molecule has 154 valence electrons. The number of carbonyl (C=O) groups is 2. The first-order valence-corrected chi connectivity index (χ1v) is 9.23. The van der Waals surface area contributed by atoms with Gasteiger partial charge in [0.15, 0.2) is 5.82 Å². The Balaban J connectivity index is 1.56. The second-order valence-electron chi connectivity index (χ2n) is 6.43. The van der Waals surface area contributed by atoms with Crippen molar-refractivity contribution in [1.29, 1.82) is 0 Å². The summed E-state index contributed by atoms with van der Waals surface area (Å²) in [6.07, 6.45) is 4.90. The van der Waals surface area contributed by atoms with Gasteiger partial charge in [0.25, 0.3) is 0 Å². The minimum atomic E-state index is -0.470. The monoisotopic (exact) mass is 406 g/mol. The maximum Gasteiger partial charge on any atom is 0.324 e. The molecule has 0 bridgehead atoms. The molecule has 0 atom stereocenters. The Hall–Kier alpha value is -4.01. The van der Waals surface area contributed by atoms with Gasteiger partial charge in [-0.1, -0.05) is 12.1 Å². The summed E-state index contributed by atoms with van der Waals surface area (Å²) in [6.45, 7) is 2.14. The highest BCUT2D eigenvalue weighted by Crippen LogP contribution is 2.25. The lowest BCUT2D eigenvalue weighted by Crippen LogP contribution is -2.25. The average molecular weight is 406 g/mol. The SMILES string of the molecule is COc1cc(CNC(=O)Cc2ccccn2)ccc1NC(=O)Nc1cnc(C)cn1. The molecule has 0 spiro atoms. The van der Waals surface area contributed by atoms with E-state index in [1.807, 2.05) is 13.0 Å². The van der Waals surface area contributed by atoms with E-state index in [0.717, 1.165) is 11.3 Å². The van der Waals surface area contributed by atoms with Gasteiger partial charge in [0.2, 0.25) is 5.91 Å². The minimum Gasteiger partial charge on any atom is -0.495 e. The van der Waals surface area contributed by atoms with Gasteiger partial charge in [-0.15, -0.1) is 0 Å². The highest BCUT2D eigenvalue weighted by atomic mass is 16.5. The molecular weight excluding hydrogens is 384 g/mol. The van der Waals surface area contributed by atoms with Gasteiger partial charge >= 0.3 is 6.03 Å². The minimum absolute atomic E-state index is 0.131. The number of carbonyl (C=O) groups excluding carboxylic acids is 2. The summed E-state index contributed by atoms with van der Waals surface area (Å²) in [6, 6.07) is 10.2. The number of methoxy groups -OCH3 is 1. The Kier molecular flexibility index (Phi) is 6.88. The normalized spacial score (nSPS) is 10.2. The first-order valence-electron chi connectivity index (χ1n) is 9.23. The van der Waals surface area contributed by atoms with E-state index in [1.165, 1.54) is 13.3 Å². The summed E-state index contributed by atoms with van der Waals surface area (Å²) >= 11 is 0. The number of anilines is 2. The zero-order valence-corrected chi connectivity index (χ0v) is 16.7. The number of hydrogen-bond donors (Lipinski definition) is 3. The first-order chi connectivity index (χ1) is 14.5. The molecule has 0 saturated carbocycles. The molecule has 2 heterocycles. The quantitative estimate of drug-likeness (QED) is 0.555. The maximum absolute atomic E-state index is 12.2. The molecule has 0 saturated heterocycles. The van der Waals surface area contributed by atoms with Crippen LogP contribution in [0.4, 0.5) is 16.3 Å². The van der Waals surface area contributed by atoms with E-state index in [9.17, 15) is 9.59 Å². The molecule has 9 heteroatoms. The number of ether oxygens (including phenoxy) is 1. The number of urea groups is 1.